The number of hydrogen-bond donors (Lipinski definition) is 3. The van der Waals surface area contributed by atoms with Crippen molar-refractivity contribution >= 4 is 22.2 Å². The van der Waals surface area contributed by atoms with Crippen LogP contribution in [0, 0.1) is 11.8 Å². The molecule has 3 N–H and O–H groups in total. The van der Waals surface area contributed by atoms with E-state index < -0.39 is 46.7 Å². The van der Waals surface area contributed by atoms with Gasteiger partial charge in [-0.2, -0.15) is 4.31 Å². The predicted molar refractivity (Wildman–Crippen MR) is 174 cm³/mol. The van der Waals surface area contributed by atoms with Gasteiger partial charge in [-0.1, -0.05) is 26.0 Å². The van der Waals surface area contributed by atoms with Crippen molar-refractivity contribution < 1.29 is 56.3 Å². The molecule has 3 aliphatic heterocycles. The predicted octanol–water partition coefficient (Wildman–Crippen LogP) is 2.65. The Balaban J connectivity index is 1.28. The van der Waals surface area contributed by atoms with E-state index in [1.165, 1.54) is 29.6 Å². The van der Waals surface area contributed by atoms with Gasteiger partial charge in [0, 0.05) is 32.6 Å². The zero-order valence-electron chi connectivity index (χ0n) is 27.9. The van der Waals surface area contributed by atoms with Gasteiger partial charge in [0.15, 0.2) is 17.8 Å². The van der Waals surface area contributed by atoms with Crippen LogP contribution in [0.3, 0.4) is 0 Å². The monoisotopic (exact) mass is 707 g/mol. The molecule has 16 heteroatoms. The lowest BCUT2D eigenvalue weighted by Gasteiger charge is -2.31. The van der Waals surface area contributed by atoms with Crippen molar-refractivity contribution in [1.29, 1.82) is 0 Å². The number of rotatable bonds is 16. The highest BCUT2D eigenvalue weighted by Crippen LogP contribution is 2.35. The van der Waals surface area contributed by atoms with Crippen LogP contribution in [-0.4, -0.2) is 108 Å². The number of nitrogens with one attached hydrogen (secondary N) is 2. The molecule has 0 bridgehead atoms. The third-order valence-electron chi connectivity index (χ3n) is 8.33. The van der Waals surface area contributed by atoms with Crippen molar-refractivity contribution in [2.75, 3.05) is 53.4 Å². The Labute approximate surface area is 286 Å². The highest BCUT2D eigenvalue weighted by molar-refractivity contribution is 7.89. The third-order valence-corrected chi connectivity index (χ3v) is 10.2. The standard InChI is InChI=1S/C33H45N3O12S/c1-21(2)17-36(49(40,41)24-9-10-28-29(16-24)47-20-46-28)18-27(37)26(35-33(39)48-30-19-45-31-25(30)11-14-43-31)15-22-5-7-23(8-6-22)42-12-4-13-44-32(38)34-3/h5-10,16,21,25-27,30-31,37H,4,11-15,17-20H2,1-3H3,(H,34,38)(H,35,39). The number of aliphatic hydroxyl groups is 1. The Bertz CT molecular complexity index is 1520. The number of amides is 2. The molecule has 3 aliphatic rings. The highest BCUT2D eigenvalue weighted by atomic mass is 32.2. The zero-order chi connectivity index (χ0) is 35.0. The molecule has 15 nitrogen and oxygen atoms in total. The fourth-order valence-corrected chi connectivity index (χ4v) is 7.45. The van der Waals surface area contributed by atoms with E-state index in [4.69, 9.17) is 33.2 Å². The molecule has 2 saturated heterocycles. The first-order valence-corrected chi connectivity index (χ1v) is 17.8. The number of carbonyl (C=O) groups is 2. The molecule has 3 heterocycles. The van der Waals surface area contributed by atoms with E-state index in [1.54, 1.807) is 24.3 Å². The lowest BCUT2D eigenvalue weighted by Crippen LogP contribution is -2.51. The summed E-state index contributed by atoms with van der Waals surface area (Å²) in [5, 5.41) is 16.8. The van der Waals surface area contributed by atoms with Crippen LogP contribution in [0.1, 0.15) is 32.3 Å². The number of hydrogen-bond acceptors (Lipinski definition) is 12. The Morgan fingerprint density at radius 3 is 2.55 bits per heavy atom. The lowest BCUT2D eigenvalue weighted by atomic mass is 10.0. The van der Waals surface area contributed by atoms with Gasteiger partial charge in [-0.15, -0.1) is 0 Å². The van der Waals surface area contributed by atoms with Crippen molar-refractivity contribution in [2.24, 2.45) is 11.8 Å². The summed E-state index contributed by atoms with van der Waals surface area (Å²) in [4.78, 5) is 24.4. The van der Waals surface area contributed by atoms with E-state index in [0.29, 0.717) is 43.3 Å². The number of benzene rings is 2. The first-order chi connectivity index (χ1) is 23.5. The molecule has 0 spiro atoms. The van der Waals surface area contributed by atoms with Crippen LogP contribution in [-0.2, 0) is 35.4 Å². The van der Waals surface area contributed by atoms with Crippen molar-refractivity contribution in [3.63, 3.8) is 0 Å². The number of aliphatic hydroxyl groups excluding tert-OH is 1. The van der Waals surface area contributed by atoms with Crippen LogP contribution in [0.15, 0.2) is 47.4 Å². The van der Waals surface area contributed by atoms with E-state index in [9.17, 15) is 23.1 Å². The second kappa shape index (κ2) is 16.7. The number of nitrogens with zero attached hydrogens (tertiary/aromatic N) is 1. The first-order valence-electron chi connectivity index (χ1n) is 16.4. The Hall–Kier alpha value is -3.83. The average Bonchev–Trinajstić information content (AvgIpc) is 3.83. The summed E-state index contributed by atoms with van der Waals surface area (Å²) in [6.07, 6.45) is -2.14. The summed E-state index contributed by atoms with van der Waals surface area (Å²) in [5.74, 6) is 1.21. The third kappa shape index (κ3) is 9.66. The highest BCUT2D eigenvalue weighted by Gasteiger charge is 2.44. The van der Waals surface area contributed by atoms with Gasteiger partial charge in [-0.3, -0.25) is 0 Å². The molecule has 49 heavy (non-hydrogen) atoms. The molecule has 5 atom stereocenters. The average molecular weight is 708 g/mol. The molecular formula is C33H45N3O12S. The minimum atomic E-state index is -4.09. The molecular weight excluding hydrogens is 662 g/mol. The molecule has 0 saturated carbocycles. The van der Waals surface area contributed by atoms with E-state index in [2.05, 4.69) is 10.6 Å². The van der Waals surface area contributed by atoms with Crippen LogP contribution in [0.25, 0.3) is 0 Å². The molecule has 2 aromatic rings. The summed E-state index contributed by atoms with van der Waals surface area (Å²) in [6.45, 7) is 4.83. The fourth-order valence-electron chi connectivity index (χ4n) is 5.82. The van der Waals surface area contributed by atoms with Crippen LogP contribution in [0.4, 0.5) is 9.59 Å². The number of ether oxygens (including phenoxy) is 7. The van der Waals surface area contributed by atoms with Crippen LogP contribution < -0.4 is 24.8 Å². The molecule has 0 aromatic heterocycles. The van der Waals surface area contributed by atoms with Crippen LogP contribution in [0.5, 0.6) is 17.2 Å². The lowest BCUT2D eigenvalue weighted by molar-refractivity contribution is -0.0907. The Kier molecular flexibility index (Phi) is 12.4. The van der Waals surface area contributed by atoms with Gasteiger partial charge in [0.1, 0.15) is 11.9 Å². The molecule has 5 rings (SSSR count). The van der Waals surface area contributed by atoms with Crippen molar-refractivity contribution in [3.05, 3.63) is 48.0 Å². The largest absolute Gasteiger partial charge is 0.493 e. The van der Waals surface area contributed by atoms with Gasteiger partial charge >= 0.3 is 12.2 Å². The minimum absolute atomic E-state index is 0.000686. The van der Waals surface area contributed by atoms with E-state index in [-0.39, 0.29) is 56.2 Å². The van der Waals surface area contributed by atoms with Gasteiger partial charge in [0.2, 0.25) is 16.8 Å². The maximum Gasteiger partial charge on any atom is 0.407 e. The number of alkyl carbamates (subject to hydrolysis) is 2. The number of carbonyl (C=O) groups excluding carboxylic acids is 2. The molecule has 2 amide bonds. The van der Waals surface area contributed by atoms with Gasteiger partial charge in [-0.05, 0) is 48.6 Å². The van der Waals surface area contributed by atoms with Gasteiger partial charge in [-0.25, -0.2) is 18.0 Å². The van der Waals surface area contributed by atoms with Crippen molar-refractivity contribution in [1.82, 2.24) is 14.9 Å². The summed E-state index contributed by atoms with van der Waals surface area (Å²) in [5.41, 5.74) is 0.752. The van der Waals surface area contributed by atoms with E-state index in [0.717, 1.165) is 5.56 Å². The summed E-state index contributed by atoms with van der Waals surface area (Å²) < 4.78 is 67.3. The molecule has 5 unspecified atom stereocenters. The van der Waals surface area contributed by atoms with Crippen molar-refractivity contribution in [2.45, 2.75) is 62.5 Å². The Morgan fingerprint density at radius 2 is 1.80 bits per heavy atom. The number of fused-ring (bicyclic) bond motifs is 2. The zero-order valence-corrected chi connectivity index (χ0v) is 28.7. The normalized spacial score (nSPS) is 20.9. The van der Waals surface area contributed by atoms with Gasteiger partial charge in [0.25, 0.3) is 0 Å². The maximum atomic E-state index is 13.9. The van der Waals surface area contributed by atoms with Crippen molar-refractivity contribution in [3.8, 4) is 17.2 Å². The summed E-state index contributed by atoms with van der Waals surface area (Å²) >= 11 is 0. The summed E-state index contributed by atoms with van der Waals surface area (Å²) in [6, 6.07) is 10.6. The molecule has 2 aromatic carbocycles. The smallest absolute Gasteiger partial charge is 0.407 e. The molecule has 0 aliphatic carbocycles. The van der Waals surface area contributed by atoms with Crippen LogP contribution in [0.2, 0.25) is 0 Å². The quantitative estimate of drug-likeness (QED) is 0.218. The van der Waals surface area contributed by atoms with E-state index >= 15 is 0 Å². The van der Waals surface area contributed by atoms with E-state index in [1.807, 2.05) is 13.8 Å². The molecule has 270 valence electrons. The van der Waals surface area contributed by atoms with Gasteiger partial charge in [0.05, 0.1) is 49.4 Å². The van der Waals surface area contributed by atoms with Gasteiger partial charge < -0.3 is 48.9 Å². The second-order valence-electron chi connectivity index (χ2n) is 12.5. The Morgan fingerprint density at radius 1 is 1.02 bits per heavy atom. The molecule has 0 radical (unpaired) electrons. The summed E-state index contributed by atoms with van der Waals surface area (Å²) in [7, 11) is -2.60. The SMILES string of the molecule is CNC(=O)OCCCOc1ccc(CC(NC(=O)OC2COC3OCCC23)C(O)CN(CC(C)C)S(=O)(=O)c2ccc3c(c2)OCO3)cc1. The fraction of sp³-hybridized carbons (Fsp3) is 0.576. The minimum Gasteiger partial charge on any atom is -0.493 e. The van der Waals surface area contributed by atoms with Crippen LogP contribution >= 0.6 is 0 Å². The topological polar surface area (TPSA) is 180 Å². The first kappa shape index (κ1) is 36.5. The number of sulfonamides is 1. The second-order valence-corrected chi connectivity index (χ2v) is 14.4. The maximum absolute atomic E-state index is 13.9. The molecule has 2 fully saturated rings.